The molecule has 0 bridgehead atoms. The monoisotopic (exact) mass is 241 g/mol. The lowest BCUT2D eigenvalue weighted by atomic mass is 10.2. The minimum absolute atomic E-state index is 0.510. The minimum atomic E-state index is 0.510. The number of hydrogen-bond donors (Lipinski definition) is 1. The fourth-order valence-electron chi connectivity index (χ4n) is 1.73. The molecule has 0 radical (unpaired) electrons. The average Bonchev–Trinajstić information content (AvgIpc) is 2.55. The standard InChI is InChI=1S/C12H23N3S/c1-5-6-7-8-15(9(2)3)12-10(4)11(13)14-16-12/h9H,5-8H2,1-4H3,(H2,13,14). The zero-order chi connectivity index (χ0) is 12.1. The molecule has 0 amide bonds. The molecule has 2 N–H and O–H groups in total. The zero-order valence-electron chi connectivity index (χ0n) is 10.8. The van der Waals surface area contributed by atoms with Crippen molar-refractivity contribution in [1.29, 1.82) is 0 Å². The van der Waals surface area contributed by atoms with Crippen LogP contribution in [0, 0.1) is 6.92 Å². The molecule has 0 fully saturated rings. The molecule has 1 aromatic rings. The number of aromatic nitrogens is 1. The van der Waals surface area contributed by atoms with Gasteiger partial charge >= 0.3 is 0 Å². The van der Waals surface area contributed by atoms with E-state index < -0.39 is 0 Å². The topological polar surface area (TPSA) is 42.2 Å². The molecule has 1 aromatic heterocycles. The van der Waals surface area contributed by atoms with Crippen LogP contribution in [0.2, 0.25) is 0 Å². The van der Waals surface area contributed by atoms with Gasteiger partial charge in [0.1, 0.15) is 10.8 Å². The maximum Gasteiger partial charge on any atom is 0.142 e. The van der Waals surface area contributed by atoms with Crippen LogP contribution < -0.4 is 10.6 Å². The quantitative estimate of drug-likeness (QED) is 0.776. The van der Waals surface area contributed by atoms with E-state index in [1.165, 1.54) is 35.8 Å². The Balaban J connectivity index is 2.73. The van der Waals surface area contributed by atoms with E-state index in [0.29, 0.717) is 11.9 Å². The first-order valence-corrected chi connectivity index (χ1v) is 6.83. The number of anilines is 2. The number of unbranched alkanes of at least 4 members (excludes halogenated alkanes) is 2. The van der Waals surface area contributed by atoms with Gasteiger partial charge < -0.3 is 10.6 Å². The second kappa shape index (κ2) is 6.09. The fourth-order valence-corrected chi connectivity index (χ4v) is 2.70. The number of nitrogens with two attached hydrogens (primary N) is 1. The Labute approximate surface area is 103 Å². The van der Waals surface area contributed by atoms with Crippen LogP contribution in [0.25, 0.3) is 0 Å². The highest BCUT2D eigenvalue weighted by Crippen LogP contribution is 2.31. The normalized spacial score (nSPS) is 11.1. The molecule has 1 rings (SSSR count). The highest BCUT2D eigenvalue weighted by molar-refractivity contribution is 7.10. The van der Waals surface area contributed by atoms with Gasteiger partial charge in [0.2, 0.25) is 0 Å². The van der Waals surface area contributed by atoms with Crippen molar-refractivity contribution < 1.29 is 0 Å². The smallest absolute Gasteiger partial charge is 0.142 e. The van der Waals surface area contributed by atoms with Crippen LogP contribution in [0.15, 0.2) is 0 Å². The van der Waals surface area contributed by atoms with Crippen LogP contribution in [0.1, 0.15) is 45.6 Å². The largest absolute Gasteiger partial charge is 0.383 e. The van der Waals surface area contributed by atoms with Crippen LogP contribution in [-0.4, -0.2) is 17.0 Å². The van der Waals surface area contributed by atoms with Gasteiger partial charge in [-0.2, -0.15) is 4.37 Å². The average molecular weight is 241 g/mol. The third-order valence-corrected chi connectivity index (χ3v) is 3.82. The summed E-state index contributed by atoms with van der Waals surface area (Å²) in [6.07, 6.45) is 3.79. The summed E-state index contributed by atoms with van der Waals surface area (Å²) in [5, 5.41) is 1.24. The zero-order valence-corrected chi connectivity index (χ0v) is 11.6. The van der Waals surface area contributed by atoms with Gasteiger partial charge in [0.15, 0.2) is 0 Å². The van der Waals surface area contributed by atoms with E-state index in [2.05, 4.69) is 37.0 Å². The molecule has 16 heavy (non-hydrogen) atoms. The van der Waals surface area contributed by atoms with Crippen molar-refractivity contribution in [2.75, 3.05) is 17.2 Å². The second-order valence-corrected chi connectivity index (χ2v) is 5.24. The van der Waals surface area contributed by atoms with Crippen LogP contribution >= 0.6 is 11.5 Å². The van der Waals surface area contributed by atoms with Crippen molar-refractivity contribution in [2.45, 2.75) is 53.0 Å². The summed E-state index contributed by atoms with van der Waals surface area (Å²) in [4.78, 5) is 2.42. The molecule has 0 atom stereocenters. The molecule has 0 unspecified atom stereocenters. The van der Waals surface area contributed by atoms with Crippen LogP contribution in [-0.2, 0) is 0 Å². The second-order valence-electron chi connectivity index (χ2n) is 4.49. The van der Waals surface area contributed by atoms with Crippen molar-refractivity contribution >= 4 is 22.4 Å². The lowest BCUT2D eigenvalue weighted by molar-refractivity contribution is 0.629. The van der Waals surface area contributed by atoms with Gasteiger partial charge in [-0.25, -0.2) is 0 Å². The van der Waals surface area contributed by atoms with E-state index in [1.807, 2.05) is 0 Å². The Morgan fingerprint density at radius 1 is 1.38 bits per heavy atom. The first-order chi connectivity index (χ1) is 7.57. The lowest BCUT2D eigenvalue weighted by Gasteiger charge is -2.27. The van der Waals surface area contributed by atoms with Gasteiger partial charge in [-0.3, -0.25) is 0 Å². The Kier molecular flexibility index (Phi) is 5.06. The molecule has 0 aliphatic rings. The van der Waals surface area contributed by atoms with Crippen LogP contribution in [0.4, 0.5) is 10.8 Å². The van der Waals surface area contributed by atoms with Gasteiger partial charge in [0.25, 0.3) is 0 Å². The minimum Gasteiger partial charge on any atom is -0.383 e. The van der Waals surface area contributed by atoms with Crippen LogP contribution in [0.3, 0.4) is 0 Å². The van der Waals surface area contributed by atoms with Crippen molar-refractivity contribution in [3.05, 3.63) is 5.56 Å². The molecule has 4 heteroatoms. The van der Waals surface area contributed by atoms with Gasteiger partial charge in [-0.1, -0.05) is 19.8 Å². The van der Waals surface area contributed by atoms with Crippen molar-refractivity contribution in [2.24, 2.45) is 0 Å². The third-order valence-electron chi connectivity index (χ3n) is 2.82. The molecule has 0 saturated heterocycles. The van der Waals surface area contributed by atoms with E-state index in [0.717, 1.165) is 12.1 Å². The molecule has 0 aliphatic carbocycles. The number of rotatable bonds is 6. The van der Waals surface area contributed by atoms with Gasteiger partial charge in [0, 0.05) is 18.2 Å². The van der Waals surface area contributed by atoms with Crippen molar-refractivity contribution in [3.63, 3.8) is 0 Å². The van der Waals surface area contributed by atoms with Crippen molar-refractivity contribution in [3.8, 4) is 0 Å². The third kappa shape index (κ3) is 3.11. The molecule has 0 saturated carbocycles. The van der Waals surface area contributed by atoms with Gasteiger partial charge in [-0.05, 0) is 38.7 Å². The summed E-state index contributed by atoms with van der Waals surface area (Å²) >= 11 is 1.52. The molecule has 0 aliphatic heterocycles. The van der Waals surface area contributed by atoms with E-state index in [4.69, 9.17) is 5.73 Å². The Hall–Kier alpha value is -0.770. The van der Waals surface area contributed by atoms with E-state index >= 15 is 0 Å². The maximum absolute atomic E-state index is 5.81. The van der Waals surface area contributed by atoms with E-state index in [-0.39, 0.29) is 0 Å². The Bertz CT molecular complexity index is 320. The molecular formula is C12H23N3S. The Morgan fingerprint density at radius 2 is 2.06 bits per heavy atom. The van der Waals surface area contributed by atoms with Gasteiger partial charge in [-0.15, -0.1) is 0 Å². The summed E-state index contributed by atoms with van der Waals surface area (Å²) in [6.45, 7) is 9.84. The number of hydrogen-bond acceptors (Lipinski definition) is 4. The summed E-state index contributed by atoms with van der Waals surface area (Å²) in [5.41, 5.74) is 6.94. The number of nitrogen functional groups attached to an aromatic ring is 1. The van der Waals surface area contributed by atoms with Crippen LogP contribution in [0.5, 0.6) is 0 Å². The fraction of sp³-hybridized carbons (Fsp3) is 0.750. The van der Waals surface area contributed by atoms with E-state index in [1.54, 1.807) is 0 Å². The molecule has 3 nitrogen and oxygen atoms in total. The predicted octanol–water partition coefficient (Wildman–Crippen LogP) is 3.44. The molecule has 0 aromatic carbocycles. The number of nitrogens with zero attached hydrogens (tertiary/aromatic N) is 2. The first-order valence-electron chi connectivity index (χ1n) is 6.06. The first kappa shape index (κ1) is 13.3. The van der Waals surface area contributed by atoms with E-state index in [9.17, 15) is 0 Å². The molecular weight excluding hydrogens is 218 g/mol. The highest BCUT2D eigenvalue weighted by atomic mass is 32.1. The molecule has 1 heterocycles. The summed E-state index contributed by atoms with van der Waals surface area (Å²) in [5.74, 6) is 0.682. The lowest BCUT2D eigenvalue weighted by Crippen LogP contribution is -2.31. The summed E-state index contributed by atoms with van der Waals surface area (Å²) in [6, 6.07) is 0.510. The molecule has 0 spiro atoms. The van der Waals surface area contributed by atoms with Crippen molar-refractivity contribution in [1.82, 2.24) is 4.37 Å². The predicted molar refractivity (Wildman–Crippen MR) is 73.3 cm³/mol. The van der Waals surface area contributed by atoms with Gasteiger partial charge in [0.05, 0.1) is 0 Å². The Morgan fingerprint density at radius 3 is 2.50 bits per heavy atom. The highest BCUT2D eigenvalue weighted by Gasteiger charge is 2.16. The molecule has 92 valence electrons. The maximum atomic E-state index is 5.81. The summed E-state index contributed by atoms with van der Waals surface area (Å²) < 4.78 is 4.23. The SMILES string of the molecule is CCCCCN(c1snc(N)c1C)C(C)C. The summed E-state index contributed by atoms with van der Waals surface area (Å²) in [7, 11) is 0.